The molecule has 8 heteroatoms. The first-order valence-electron chi connectivity index (χ1n) is 9.99. The molecule has 0 radical (unpaired) electrons. The van der Waals surface area contributed by atoms with Crippen LogP contribution in [0.1, 0.15) is 32.6 Å². The quantitative estimate of drug-likeness (QED) is 0.252. The minimum atomic E-state index is 0. The van der Waals surface area contributed by atoms with Crippen molar-refractivity contribution in [3.05, 3.63) is 29.3 Å². The maximum atomic E-state index is 11.8. The van der Waals surface area contributed by atoms with E-state index in [2.05, 4.69) is 33.4 Å². The van der Waals surface area contributed by atoms with Crippen LogP contribution in [0.2, 0.25) is 5.02 Å². The molecule has 1 aromatic carbocycles. The maximum Gasteiger partial charge on any atom is 0.220 e. The second-order valence-corrected chi connectivity index (χ2v) is 7.51. The van der Waals surface area contributed by atoms with Crippen LogP contribution >= 0.6 is 35.6 Å². The van der Waals surface area contributed by atoms with Crippen molar-refractivity contribution in [2.75, 3.05) is 44.2 Å². The molecule has 0 bridgehead atoms. The average molecular weight is 520 g/mol. The van der Waals surface area contributed by atoms with E-state index in [4.69, 9.17) is 16.6 Å². The van der Waals surface area contributed by atoms with Gasteiger partial charge in [-0.15, -0.1) is 24.0 Å². The molecule has 0 aromatic heterocycles. The predicted octanol–water partition coefficient (Wildman–Crippen LogP) is 3.10. The van der Waals surface area contributed by atoms with Crippen molar-refractivity contribution in [1.82, 2.24) is 15.5 Å². The van der Waals surface area contributed by atoms with E-state index in [1.165, 1.54) is 0 Å². The Kier molecular flexibility index (Phi) is 9.64. The molecule has 1 saturated carbocycles. The number of hydrogen-bond acceptors (Lipinski definition) is 3. The van der Waals surface area contributed by atoms with Gasteiger partial charge < -0.3 is 20.4 Å². The molecule has 1 aliphatic heterocycles. The van der Waals surface area contributed by atoms with Gasteiger partial charge in [-0.1, -0.05) is 23.7 Å². The fraction of sp³-hybridized carbons (Fsp3) is 0.600. The SMILES string of the molecule is CCNC(=NCCCC(=O)NC1CC1)N1CCN(c2ccccc2Cl)CC1.I. The minimum absolute atomic E-state index is 0. The van der Waals surface area contributed by atoms with Crippen LogP contribution in [0.25, 0.3) is 0 Å². The highest BCUT2D eigenvalue weighted by molar-refractivity contribution is 14.0. The second kappa shape index (κ2) is 11.7. The fourth-order valence-corrected chi connectivity index (χ4v) is 3.50. The monoisotopic (exact) mass is 519 g/mol. The van der Waals surface area contributed by atoms with Crippen LogP contribution in [0.3, 0.4) is 0 Å². The second-order valence-electron chi connectivity index (χ2n) is 7.11. The molecule has 1 heterocycles. The molecule has 3 rings (SSSR count). The van der Waals surface area contributed by atoms with Gasteiger partial charge in [-0.25, -0.2) is 0 Å². The van der Waals surface area contributed by atoms with Crippen LogP contribution < -0.4 is 15.5 Å². The van der Waals surface area contributed by atoms with Gasteiger partial charge in [0, 0.05) is 51.7 Å². The first kappa shape index (κ1) is 23.1. The van der Waals surface area contributed by atoms with E-state index in [9.17, 15) is 4.79 Å². The summed E-state index contributed by atoms with van der Waals surface area (Å²) in [7, 11) is 0. The molecule has 1 aliphatic carbocycles. The van der Waals surface area contributed by atoms with Gasteiger partial charge in [0.15, 0.2) is 5.96 Å². The van der Waals surface area contributed by atoms with E-state index >= 15 is 0 Å². The fourth-order valence-electron chi connectivity index (χ4n) is 3.25. The number of piperazine rings is 1. The van der Waals surface area contributed by atoms with E-state index in [0.717, 1.165) is 68.7 Å². The van der Waals surface area contributed by atoms with Gasteiger partial charge in [-0.2, -0.15) is 0 Å². The number of rotatable bonds is 7. The molecule has 2 aliphatic rings. The van der Waals surface area contributed by atoms with E-state index in [1.54, 1.807) is 0 Å². The summed E-state index contributed by atoms with van der Waals surface area (Å²) in [5.41, 5.74) is 1.10. The lowest BCUT2D eigenvalue weighted by Gasteiger charge is -2.38. The number of guanidine groups is 1. The third kappa shape index (κ3) is 6.99. The Labute approximate surface area is 190 Å². The third-order valence-electron chi connectivity index (χ3n) is 4.87. The number of hydrogen-bond donors (Lipinski definition) is 2. The van der Waals surface area contributed by atoms with Crippen molar-refractivity contribution >= 4 is 53.1 Å². The number of nitrogens with one attached hydrogen (secondary N) is 2. The summed E-state index contributed by atoms with van der Waals surface area (Å²) >= 11 is 6.33. The van der Waals surface area contributed by atoms with Crippen molar-refractivity contribution in [1.29, 1.82) is 0 Å². The Morgan fingerprint density at radius 1 is 1.21 bits per heavy atom. The van der Waals surface area contributed by atoms with Gasteiger partial charge in [-0.05, 0) is 38.3 Å². The number of nitrogens with zero attached hydrogens (tertiary/aromatic N) is 3. The number of amides is 1. The molecule has 28 heavy (non-hydrogen) atoms. The molecule has 1 saturated heterocycles. The van der Waals surface area contributed by atoms with Crippen molar-refractivity contribution in [2.45, 2.75) is 38.6 Å². The van der Waals surface area contributed by atoms with E-state index < -0.39 is 0 Å². The molecule has 156 valence electrons. The number of halogens is 2. The van der Waals surface area contributed by atoms with Crippen LogP contribution in [0.4, 0.5) is 5.69 Å². The Morgan fingerprint density at radius 2 is 1.93 bits per heavy atom. The van der Waals surface area contributed by atoms with Crippen LogP contribution in [-0.2, 0) is 4.79 Å². The van der Waals surface area contributed by atoms with Gasteiger partial charge in [-0.3, -0.25) is 9.79 Å². The zero-order valence-corrected chi connectivity index (χ0v) is 19.6. The Balaban J connectivity index is 0.00000280. The highest BCUT2D eigenvalue weighted by Crippen LogP contribution is 2.26. The summed E-state index contributed by atoms with van der Waals surface area (Å²) in [5.74, 6) is 1.10. The first-order chi connectivity index (χ1) is 13.2. The van der Waals surface area contributed by atoms with Crippen LogP contribution in [0, 0.1) is 0 Å². The number of benzene rings is 1. The predicted molar refractivity (Wildman–Crippen MR) is 127 cm³/mol. The molecule has 0 unspecified atom stereocenters. The lowest BCUT2D eigenvalue weighted by Crippen LogP contribution is -2.52. The highest BCUT2D eigenvalue weighted by atomic mass is 127. The Morgan fingerprint density at radius 3 is 2.57 bits per heavy atom. The molecule has 1 aromatic rings. The molecule has 0 spiro atoms. The highest BCUT2D eigenvalue weighted by Gasteiger charge is 2.23. The van der Waals surface area contributed by atoms with Crippen molar-refractivity contribution in [2.24, 2.45) is 4.99 Å². The molecule has 1 amide bonds. The van der Waals surface area contributed by atoms with Crippen LogP contribution in [-0.4, -0.2) is 62.1 Å². The van der Waals surface area contributed by atoms with Crippen LogP contribution in [0.15, 0.2) is 29.3 Å². The Hall–Kier alpha value is -1.22. The smallest absolute Gasteiger partial charge is 0.220 e. The molecular formula is C20H31ClIN5O. The van der Waals surface area contributed by atoms with Crippen LogP contribution in [0.5, 0.6) is 0 Å². The summed E-state index contributed by atoms with van der Waals surface area (Å²) in [4.78, 5) is 21.1. The van der Waals surface area contributed by atoms with Gasteiger partial charge in [0.1, 0.15) is 0 Å². The lowest BCUT2D eigenvalue weighted by molar-refractivity contribution is -0.121. The molecule has 2 N–H and O–H groups in total. The molecule has 6 nitrogen and oxygen atoms in total. The Bertz CT molecular complexity index is 660. The number of anilines is 1. The standard InChI is InChI=1S/C20H30ClN5O.HI/c1-2-22-20(23-11-5-8-19(27)24-16-9-10-16)26-14-12-25(13-15-26)18-7-4-3-6-17(18)21;/h3-4,6-7,16H,2,5,8-15H2,1H3,(H,22,23)(H,24,27);1H. The third-order valence-corrected chi connectivity index (χ3v) is 5.19. The summed E-state index contributed by atoms with van der Waals surface area (Å²) < 4.78 is 0. The number of para-hydroxylation sites is 1. The average Bonchev–Trinajstić information content (AvgIpc) is 3.49. The summed E-state index contributed by atoms with van der Waals surface area (Å²) in [6.45, 7) is 7.23. The zero-order chi connectivity index (χ0) is 19.1. The normalized spacial score (nSPS) is 17.1. The van der Waals surface area contributed by atoms with E-state index in [0.29, 0.717) is 19.0 Å². The van der Waals surface area contributed by atoms with Gasteiger partial charge in [0.25, 0.3) is 0 Å². The van der Waals surface area contributed by atoms with E-state index in [1.807, 2.05) is 18.2 Å². The molecular weight excluding hydrogens is 489 g/mol. The minimum Gasteiger partial charge on any atom is -0.367 e. The van der Waals surface area contributed by atoms with Crippen molar-refractivity contribution in [3.63, 3.8) is 0 Å². The largest absolute Gasteiger partial charge is 0.367 e. The summed E-state index contributed by atoms with van der Waals surface area (Å²) in [6, 6.07) is 8.44. The summed E-state index contributed by atoms with van der Waals surface area (Å²) in [5, 5.41) is 7.21. The van der Waals surface area contributed by atoms with E-state index in [-0.39, 0.29) is 29.9 Å². The number of aliphatic imine (C=N–C) groups is 1. The number of carbonyl (C=O) groups excluding carboxylic acids is 1. The van der Waals surface area contributed by atoms with Gasteiger partial charge in [0.2, 0.25) is 5.91 Å². The molecule has 0 atom stereocenters. The van der Waals surface area contributed by atoms with Crippen molar-refractivity contribution < 1.29 is 4.79 Å². The summed E-state index contributed by atoms with van der Waals surface area (Å²) in [6.07, 6.45) is 3.61. The zero-order valence-electron chi connectivity index (χ0n) is 16.5. The first-order valence-corrected chi connectivity index (χ1v) is 10.4. The number of carbonyl (C=O) groups is 1. The van der Waals surface area contributed by atoms with Gasteiger partial charge in [0.05, 0.1) is 10.7 Å². The lowest BCUT2D eigenvalue weighted by atomic mass is 10.2. The maximum absolute atomic E-state index is 11.8. The van der Waals surface area contributed by atoms with Gasteiger partial charge >= 0.3 is 0 Å². The molecule has 2 fully saturated rings. The topological polar surface area (TPSA) is 60.0 Å². The van der Waals surface area contributed by atoms with Crippen molar-refractivity contribution in [3.8, 4) is 0 Å².